The molecule has 2 amide bonds. The summed E-state index contributed by atoms with van der Waals surface area (Å²) in [6.45, 7) is 1.42. The van der Waals surface area contributed by atoms with Gasteiger partial charge in [-0.25, -0.2) is 4.79 Å². The smallest absolute Gasteiger partial charge is 0.331 e. The highest BCUT2D eigenvalue weighted by Crippen LogP contribution is 2.19. The Kier molecular flexibility index (Phi) is 3.46. The number of hydrogen-bond donors (Lipinski definition) is 1. The zero-order chi connectivity index (χ0) is 14.0. The van der Waals surface area contributed by atoms with E-state index >= 15 is 0 Å². The van der Waals surface area contributed by atoms with Crippen LogP contribution in [0.4, 0.5) is 0 Å². The van der Waals surface area contributed by atoms with Gasteiger partial charge in [0.1, 0.15) is 0 Å². The van der Waals surface area contributed by atoms with Crippen molar-refractivity contribution in [2.45, 2.75) is 13.3 Å². The van der Waals surface area contributed by atoms with Crippen LogP contribution in [0, 0.1) is 0 Å². The molecule has 1 aromatic carbocycles. The Morgan fingerprint density at radius 1 is 1.37 bits per heavy atom. The minimum absolute atomic E-state index is 0.00979. The second kappa shape index (κ2) is 5.06. The van der Waals surface area contributed by atoms with Gasteiger partial charge in [0.05, 0.1) is 6.42 Å². The van der Waals surface area contributed by atoms with Crippen LogP contribution in [0.1, 0.15) is 22.8 Å². The number of carbonyl (C=O) groups is 3. The molecule has 0 aromatic heterocycles. The number of hydrogen-bond acceptors (Lipinski definition) is 3. The lowest BCUT2D eigenvalue weighted by molar-refractivity contribution is -0.133. The first kappa shape index (κ1) is 13.0. The van der Waals surface area contributed by atoms with Crippen molar-refractivity contribution in [1.29, 1.82) is 0 Å². The molecule has 2 rings (SSSR count). The van der Waals surface area contributed by atoms with Crippen LogP contribution in [-0.2, 0) is 16.0 Å². The fourth-order valence-corrected chi connectivity index (χ4v) is 1.90. The number of benzene rings is 1. The van der Waals surface area contributed by atoms with Gasteiger partial charge in [-0.3, -0.25) is 14.5 Å². The number of nitrogens with zero attached hydrogens (tertiary/aromatic N) is 1. The summed E-state index contributed by atoms with van der Waals surface area (Å²) in [6.07, 6.45) is 1.54. The summed E-state index contributed by atoms with van der Waals surface area (Å²) in [5, 5.41) is 8.74. The van der Waals surface area contributed by atoms with Gasteiger partial charge in [0.2, 0.25) is 5.91 Å². The van der Waals surface area contributed by atoms with Gasteiger partial charge in [0.15, 0.2) is 0 Å². The molecule has 0 atom stereocenters. The first-order valence-electron chi connectivity index (χ1n) is 5.83. The minimum atomic E-state index is -1.06. The third-order valence-corrected chi connectivity index (χ3v) is 3.05. The van der Waals surface area contributed by atoms with Gasteiger partial charge in [0.25, 0.3) is 5.91 Å². The Bertz CT molecular complexity index is 589. The van der Waals surface area contributed by atoms with Crippen molar-refractivity contribution in [3.8, 4) is 0 Å². The van der Waals surface area contributed by atoms with Crippen molar-refractivity contribution in [2.75, 3.05) is 6.54 Å². The molecule has 0 radical (unpaired) electrons. The van der Waals surface area contributed by atoms with Crippen LogP contribution in [0.3, 0.4) is 0 Å². The Hall–Kier alpha value is -2.43. The fourth-order valence-electron chi connectivity index (χ4n) is 1.90. The van der Waals surface area contributed by atoms with Gasteiger partial charge >= 0.3 is 5.97 Å². The monoisotopic (exact) mass is 259 g/mol. The molecular weight excluding hydrogens is 246 g/mol. The maximum absolute atomic E-state index is 12.1. The molecule has 1 heterocycles. The normalized spacial score (nSPS) is 15.4. The minimum Gasteiger partial charge on any atom is -0.478 e. The molecule has 0 bridgehead atoms. The highest BCUT2D eigenvalue weighted by molar-refractivity contribution is 6.09. The van der Waals surface area contributed by atoms with Crippen molar-refractivity contribution >= 4 is 17.8 Å². The summed E-state index contributed by atoms with van der Waals surface area (Å²) in [6, 6.07) is 6.94. The largest absolute Gasteiger partial charge is 0.478 e. The second-order valence-corrected chi connectivity index (χ2v) is 4.34. The number of carboxylic acid groups (broad SMARTS) is 1. The predicted octanol–water partition coefficient (Wildman–Crippen LogP) is 1.24. The van der Waals surface area contributed by atoms with Crippen LogP contribution in [-0.4, -0.2) is 34.3 Å². The molecule has 1 aromatic rings. The van der Waals surface area contributed by atoms with E-state index in [2.05, 4.69) is 0 Å². The molecule has 98 valence electrons. The average Bonchev–Trinajstić information content (AvgIpc) is 2.38. The van der Waals surface area contributed by atoms with Crippen molar-refractivity contribution in [3.63, 3.8) is 0 Å². The Balaban J connectivity index is 2.25. The maximum atomic E-state index is 12.1. The summed E-state index contributed by atoms with van der Waals surface area (Å²) in [5.74, 6) is -1.74. The lowest BCUT2D eigenvalue weighted by atomic mass is 9.98. The quantitative estimate of drug-likeness (QED) is 0.654. The van der Waals surface area contributed by atoms with E-state index in [4.69, 9.17) is 5.11 Å². The lowest BCUT2D eigenvalue weighted by Gasteiger charge is -2.25. The molecule has 1 aliphatic rings. The number of carbonyl (C=O) groups excluding carboxylic acids is 2. The first-order valence-corrected chi connectivity index (χ1v) is 5.83. The number of fused-ring (bicyclic) bond motifs is 1. The van der Waals surface area contributed by atoms with Crippen molar-refractivity contribution in [2.24, 2.45) is 0 Å². The maximum Gasteiger partial charge on any atom is 0.331 e. The van der Waals surface area contributed by atoms with Crippen LogP contribution < -0.4 is 0 Å². The number of aliphatic carboxylic acids is 1. The van der Waals surface area contributed by atoms with Gasteiger partial charge in [0, 0.05) is 17.7 Å². The van der Waals surface area contributed by atoms with Crippen LogP contribution in [0.2, 0.25) is 0 Å². The summed E-state index contributed by atoms with van der Waals surface area (Å²) in [4.78, 5) is 35.8. The summed E-state index contributed by atoms with van der Waals surface area (Å²) in [7, 11) is 0. The topological polar surface area (TPSA) is 74.7 Å². The molecule has 0 spiro atoms. The van der Waals surface area contributed by atoms with Gasteiger partial charge in [-0.15, -0.1) is 0 Å². The van der Waals surface area contributed by atoms with Crippen LogP contribution in [0.25, 0.3) is 0 Å². The van der Waals surface area contributed by atoms with E-state index in [1.165, 1.54) is 13.0 Å². The van der Waals surface area contributed by atoms with E-state index in [1.807, 2.05) is 0 Å². The third-order valence-electron chi connectivity index (χ3n) is 3.05. The summed E-state index contributed by atoms with van der Waals surface area (Å²) >= 11 is 0. The van der Waals surface area contributed by atoms with Crippen LogP contribution in [0.15, 0.2) is 35.9 Å². The van der Waals surface area contributed by atoms with E-state index in [0.717, 1.165) is 4.90 Å². The highest BCUT2D eigenvalue weighted by Gasteiger charge is 2.29. The van der Waals surface area contributed by atoms with Gasteiger partial charge < -0.3 is 5.11 Å². The Morgan fingerprint density at radius 3 is 2.74 bits per heavy atom. The van der Waals surface area contributed by atoms with E-state index < -0.39 is 5.97 Å². The molecule has 19 heavy (non-hydrogen) atoms. The van der Waals surface area contributed by atoms with Crippen LogP contribution in [0.5, 0.6) is 0 Å². The molecule has 0 saturated heterocycles. The molecule has 0 fully saturated rings. The van der Waals surface area contributed by atoms with E-state index in [9.17, 15) is 14.4 Å². The highest BCUT2D eigenvalue weighted by atomic mass is 16.4. The standard InChI is InChI=1S/C14H13NO4/c1-9(14(18)19)6-7-15-12(16)8-10-4-2-3-5-11(10)13(15)17/h2-6H,7-8H2,1H3,(H,18,19). The number of carboxylic acids is 1. The molecule has 0 aliphatic carbocycles. The Morgan fingerprint density at radius 2 is 2.05 bits per heavy atom. The van der Waals surface area contributed by atoms with Crippen LogP contribution >= 0.6 is 0 Å². The third kappa shape index (κ3) is 2.54. The summed E-state index contributed by atoms with van der Waals surface area (Å²) < 4.78 is 0. The molecule has 1 N–H and O–H groups in total. The molecule has 0 saturated carbocycles. The zero-order valence-electron chi connectivity index (χ0n) is 10.4. The molecular formula is C14H13NO4. The molecule has 5 heteroatoms. The van der Waals surface area contributed by atoms with Crippen molar-refractivity contribution < 1.29 is 19.5 Å². The Labute approximate surface area is 110 Å². The van der Waals surface area contributed by atoms with E-state index in [0.29, 0.717) is 11.1 Å². The zero-order valence-corrected chi connectivity index (χ0v) is 10.4. The number of amides is 2. The number of imide groups is 1. The van der Waals surface area contributed by atoms with Crippen molar-refractivity contribution in [1.82, 2.24) is 4.90 Å². The first-order chi connectivity index (χ1) is 9.00. The predicted molar refractivity (Wildman–Crippen MR) is 67.6 cm³/mol. The van der Waals surface area contributed by atoms with E-state index in [1.54, 1.807) is 24.3 Å². The van der Waals surface area contributed by atoms with Gasteiger partial charge in [-0.1, -0.05) is 24.3 Å². The second-order valence-electron chi connectivity index (χ2n) is 4.34. The number of rotatable bonds is 3. The molecule has 0 unspecified atom stereocenters. The SMILES string of the molecule is CC(=CCN1C(=O)Cc2ccccc2C1=O)C(=O)O. The van der Waals surface area contributed by atoms with Gasteiger partial charge in [-0.2, -0.15) is 0 Å². The molecule has 5 nitrogen and oxygen atoms in total. The fraction of sp³-hybridized carbons (Fsp3) is 0.214. The summed E-state index contributed by atoms with van der Waals surface area (Å²) in [5.41, 5.74) is 1.33. The average molecular weight is 259 g/mol. The van der Waals surface area contributed by atoms with E-state index in [-0.39, 0.29) is 30.4 Å². The lowest BCUT2D eigenvalue weighted by Crippen LogP contribution is -2.42. The van der Waals surface area contributed by atoms with Gasteiger partial charge in [-0.05, 0) is 18.6 Å². The molecule has 1 aliphatic heterocycles. The van der Waals surface area contributed by atoms with Crippen molar-refractivity contribution in [3.05, 3.63) is 47.0 Å².